The Hall–Kier alpha value is -2.47. The number of carbonyl (C=O) groups is 1. The highest BCUT2D eigenvalue weighted by Gasteiger charge is 2.12. The first-order valence-electron chi connectivity index (χ1n) is 7.87. The summed E-state index contributed by atoms with van der Waals surface area (Å²) in [6.07, 6.45) is 3.80. The molecule has 2 aromatic rings. The highest BCUT2D eigenvalue weighted by atomic mass is 19.1. The summed E-state index contributed by atoms with van der Waals surface area (Å²) >= 11 is 0. The summed E-state index contributed by atoms with van der Waals surface area (Å²) in [5.74, 6) is -0.560. The van der Waals surface area contributed by atoms with Crippen LogP contribution < -0.4 is 5.32 Å². The largest absolute Gasteiger partial charge is 0.394 e. The first kappa shape index (κ1) is 17.9. The van der Waals surface area contributed by atoms with Gasteiger partial charge in [0, 0.05) is 17.3 Å². The third-order valence-corrected chi connectivity index (χ3v) is 3.88. The van der Waals surface area contributed by atoms with Gasteiger partial charge in [0.15, 0.2) is 0 Å². The van der Waals surface area contributed by atoms with Crippen molar-refractivity contribution in [1.82, 2.24) is 15.1 Å². The number of carbonyl (C=O) groups excluding carboxylic acids is 1. The van der Waals surface area contributed by atoms with Crippen molar-refractivity contribution in [2.45, 2.75) is 33.2 Å². The zero-order valence-electron chi connectivity index (χ0n) is 14.1. The zero-order chi connectivity index (χ0) is 17.7. The van der Waals surface area contributed by atoms with Crippen molar-refractivity contribution >= 4 is 12.0 Å². The normalized spacial score (nSPS) is 12.5. The highest BCUT2D eigenvalue weighted by Crippen LogP contribution is 2.19. The van der Waals surface area contributed by atoms with Crippen molar-refractivity contribution in [1.29, 1.82) is 0 Å². The maximum atomic E-state index is 13.1. The number of amides is 1. The first-order chi connectivity index (χ1) is 11.5. The number of benzene rings is 1. The molecule has 0 aliphatic carbocycles. The molecule has 2 rings (SSSR count). The number of rotatable bonds is 6. The van der Waals surface area contributed by atoms with Gasteiger partial charge < -0.3 is 10.4 Å². The van der Waals surface area contributed by atoms with Gasteiger partial charge in [-0.25, -0.2) is 9.07 Å². The minimum Gasteiger partial charge on any atom is -0.394 e. The van der Waals surface area contributed by atoms with E-state index in [2.05, 4.69) is 10.4 Å². The molecule has 0 spiro atoms. The average Bonchev–Trinajstić information content (AvgIpc) is 2.86. The van der Waals surface area contributed by atoms with E-state index in [0.717, 1.165) is 22.6 Å². The summed E-state index contributed by atoms with van der Waals surface area (Å²) in [6, 6.07) is 5.83. The molecule has 6 heteroatoms. The molecule has 5 nitrogen and oxygen atoms in total. The van der Waals surface area contributed by atoms with Crippen LogP contribution in [-0.2, 0) is 4.79 Å². The number of aromatic nitrogens is 2. The lowest BCUT2D eigenvalue weighted by Gasteiger charge is -2.11. The molecule has 0 bridgehead atoms. The number of hydrogen-bond acceptors (Lipinski definition) is 3. The Kier molecular flexibility index (Phi) is 5.87. The lowest BCUT2D eigenvalue weighted by atomic mass is 10.1. The third kappa shape index (κ3) is 4.08. The van der Waals surface area contributed by atoms with Crippen LogP contribution in [-0.4, -0.2) is 33.4 Å². The number of hydrogen-bond donors (Lipinski definition) is 2. The molecular formula is C18H22FN3O2. The van der Waals surface area contributed by atoms with Gasteiger partial charge in [-0.1, -0.05) is 6.92 Å². The van der Waals surface area contributed by atoms with Crippen molar-refractivity contribution in [2.75, 3.05) is 6.61 Å². The lowest BCUT2D eigenvalue weighted by Crippen LogP contribution is -2.35. The van der Waals surface area contributed by atoms with E-state index < -0.39 is 0 Å². The summed E-state index contributed by atoms with van der Waals surface area (Å²) in [6.45, 7) is 5.55. The van der Waals surface area contributed by atoms with Crippen molar-refractivity contribution < 1.29 is 14.3 Å². The van der Waals surface area contributed by atoms with Gasteiger partial charge in [0.2, 0.25) is 5.91 Å². The van der Waals surface area contributed by atoms with Crippen LogP contribution >= 0.6 is 0 Å². The van der Waals surface area contributed by atoms with Crippen molar-refractivity contribution in [2.24, 2.45) is 0 Å². The number of aryl methyl sites for hydroxylation is 1. The quantitative estimate of drug-likeness (QED) is 0.799. The number of nitrogens with zero attached hydrogens (tertiary/aromatic N) is 2. The van der Waals surface area contributed by atoms with E-state index in [0.29, 0.717) is 6.42 Å². The van der Waals surface area contributed by atoms with Gasteiger partial charge >= 0.3 is 0 Å². The van der Waals surface area contributed by atoms with E-state index in [-0.39, 0.29) is 24.4 Å². The number of aliphatic hydroxyl groups is 1. The summed E-state index contributed by atoms with van der Waals surface area (Å²) in [5.41, 5.74) is 3.23. The van der Waals surface area contributed by atoms with Gasteiger partial charge in [0.1, 0.15) is 5.82 Å². The molecule has 128 valence electrons. The fraction of sp³-hybridized carbons (Fsp3) is 0.333. The zero-order valence-corrected chi connectivity index (χ0v) is 14.1. The van der Waals surface area contributed by atoms with E-state index in [4.69, 9.17) is 5.11 Å². The monoisotopic (exact) mass is 331 g/mol. The Morgan fingerprint density at radius 2 is 2.04 bits per heavy atom. The van der Waals surface area contributed by atoms with Crippen LogP contribution in [0.2, 0.25) is 0 Å². The minimum atomic E-state index is -0.300. The predicted molar refractivity (Wildman–Crippen MR) is 91.3 cm³/mol. The SMILES string of the molecule is CCC(CO)NC(=O)/C=C/c1c(C)nn(-c2ccc(F)cc2)c1C. The number of halogens is 1. The van der Waals surface area contributed by atoms with Crippen LogP contribution in [0, 0.1) is 19.7 Å². The van der Waals surface area contributed by atoms with Gasteiger partial charge in [0.25, 0.3) is 0 Å². The van der Waals surface area contributed by atoms with Crippen LogP contribution in [0.15, 0.2) is 30.3 Å². The van der Waals surface area contributed by atoms with Gasteiger partial charge in [-0.3, -0.25) is 4.79 Å². The van der Waals surface area contributed by atoms with Crippen molar-refractivity contribution in [3.63, 3.8) is 0 Å². The van der Waals surface area contributed by atoms with E-state index in [1.54, 1.807) is 22.9 Å². The summed E-state index contributed by atoms with van der Waals surface area (Å²) in [5, 5.41) is 16.3. The van der Waals surface area contributed by atoms with E-state index >= 15 is 0 Å². The number of nitrogens with one attached hydrogen (secondary N) is 1. The second kappa shape index (κ2) is 7.88. The molecule has 0 saturated heterocycles. The van der Waals surface area contributed by atoms with Gasteiger partial charge in [-0.05, 0) is 50.6 Å². The molecule has 0 aliphatic heterocycles. The second-order valence-electron chi connectivity index (χ2n) is 5.60. The fourth-order valence-electron chi connectivity index (χ4n) is 2.41. The summed E-state index contributed by atoms with van der Waals surface area (Å²) in [4.78, 5) is 11.9. The predicted octanol–water partition coefficient (Wildman–Crippen LogP) is 2.53. The molecule has 24 heavy (non-hydrogen) atoms. The van der Waals surface area contributed by atoms with Gasteiger partial charge in [0.05, 0.1) is 24.0 Å². The van der Waals surface area contributed by atoms with Crippen molar-refractivity contribution in [3.8, 4) is 5.69 Å². The molecule has 1 aromatic heterocycles. The molecule has 0 radical (unpaired) electrons. The van der Waals surface area contributed by atoms with Crippen LogP contribution in [0.3, 0.4) is 0 Å². The molecule has 0 fully saturated rings. The standard InChI is InChI=1S/C18H22FN3O2/c1-4-15(11-23)20-18(24)10-9-17-12(2)21-22(13(17)3)16-7-5-14(19)6-8-16/h5-10,15,23H,4,11H2,1-3H3,(H,20,24)/b10-9+. The summed E-state index contributed by atoms with van der Waals surface area (Å²) < 4.78 is 14.8. The molecule has 1 amide bonds. The maximum absolute atomic E-state index is 13.1. The van der Waals surface area contributed by atoms with E-state index in [1.165, 1.54) is 18.2 Å². The Bertz CT molecular complexity index is 731. The van der Waals surface area contributed by atoms with Crippen LogP contribution in [0.1, 0.15) is 30.3 Å². The lowest BCUT2D eigenvalue weighted by molar-refractivity contribution is -0.117. The van der Waals surface area contributed by atoms with E-state index in [9.17, 15) is 9.18 Å². The molecule has 0 saturated carbocycles. The van der Waals surface area contributed by atoms with Gasteiger partial charge in [-0.2, -0.15) is 5.10 Å². The fourth-order valence-corrected chi connectivity index (χ4v) is 2.41. The second-order valence-corrected chi connectivity index (χ2v) is 5.60. The Morgan fingerprint density at radius 3 is 2.62 bits per heavy atom. The smallest absolute Gasteiger partial charge is 0.244 e. The number of aliphatic hydroxyl groups excluding tert-OH is 1. The van der Waals surface area contributed by atoms with Crippen LogP contribution in [0.5, 0.6) is 0 Å². The molecule has 1 atom stereocenters. The van der Waals surface area contributed by atoms with Crippen molar-refractivity contribution in [3.05, 3.63) is 53.1 Å². The maximum Gasteiger partial charge on any atom is 0.244 e. The highest BCUT2D eigenvalue weighted by molar-refractivity contribution is 5.92. The first-order valence-corrected chi connectivity index (χ1v) is 7.87. The Balaban J connectivity index is 2.21. The van der Waals surface area contributed by atoms with E-state index in [1.807, 2.05) is 20.8 Å². The van der Waals surface area contributed by atoms with Crippen LogP contribution in [0.25, 0.3) is 11.8 Å². The molecule has 2 N–H and O–H groups in total. The van der Waals surface area contributed by atoms with Gasteiger partial charge in [-0.15, -0.1) is 0 Å². The Morgan fingerprint density at radius 1 is 1.38 bits per heavy atom. The summed E-state index contributed by atoms with van der Waals surface area (Å²) in [7, 11) is 0. The Labute approximate surface area is 140 Å². The topological polar surface area (TPSA) is 67.2 Å². The molecule has 1 unspecified atom stereocenters. The third-order valence-electron chi connectivity index (χ3n) is 3.88. The van der Waals surface area contributed by atoms with Crippen LogP contribution in [0.4, 0.5) is 4.39 Å². The average molecular weight is 331 g/mol. The molecule has 1 heterocycles. The molecule has 1 aromatic carbocycles. The molecular weight excluding hydrogens is 309 g/mol. The molecule has 0 aliphatic rings. The minimum absolute atomic E-state index is 0.0867.